The van der Waals surface area contributed by atoms with Gasteiger partial charge in [-0.1, -0.05) is 30.3 Å². The number of aliphatic hydroxyl groups is 1. The largest absolute Gasteiger partial charge is 0.507 e. The van der Waals surface area contributed by atoms with Crippen LogP contribution in [0.4, 0.5) is 0 Å². The fourth-order valence-electron chi connectivity index (χ4n) is 3.79. The number of likely N-dealkylation sites (tertiary alicyclic amines) is 1. The van der Waals surface area contributed by atoms with Crippen molar-refractivity contribution in [3.63, 3.8) is 0 Å². The number of carbonyl (C=O) groups is 2. The van der Waals surface area contributed by atoms with Gasteiger partial charge in [0.05, 0.1) is 31.4 Å². The van der Waals surface area contributed by atoms with Crippen molar-refractivity contribution in [1.29, 1.82) is 0 Å². The maximum Gasteiger partial charge on any atom is 0.295 e. The number of aliphatic hydroxyl groups excluding tert-OH is 1. The summed E-state index contributed by atoms with van der Waals surface area (Å²) in [4.78, 5) is 29.6. The van der Waals surface area contributed by atoms with E-state index in [0.717, 1.165) is 12.1 Å². The zero-order valence-corrected chi connectivity index (χ0v) is 18.3. The van der Waals surface area contributed by atoms with Crippen LogP contribution in [0.2, 0.25) is 0 Å². The van der Waals surface area contributed by atoms with Crippen molar-refractivity contribution in [2.24, 2.45) is 0 Å². The quantitative estimate of drug-likeness (QED) is 0.399. The number of hydrogen-bond donors (Lipinski definition) is 1. The molecule has 0 spiro atoms. The summed E-state index contributed by atoms with van der Waals surface area (Å²) >= 11 is 0. The van der Waals surface area contributed by atoms with Crippen LogP contribution < -0.4 is 9.47 Å². The highest BCUT2D eigenvalue weighted by atomic mass is 16.5. The van der Waals surface area contributed by atoms with Crippen molar-refractivity contribution >= 4 is 17.4 Å². The Bertz CT molecular complexity index is 985. The van der Waals surface area contributed by atoms with Crippen molar-refractivity contribution in [3.05, 3.63) is 65.2 Å². The highest BCUT2D eigenvalue weighted by Crippen LogP contribution is 2.41. The minimum atomic E-state index is -0.707. The SMILES string of the molecule is COc1ccc(OC)c(/C(O)=C2\C(=O)C(=O)N(CCCN(C)C)C2c2ccccc2)c1. The number of ether oxygens (including phenoxy) is 2. The molecule has 1 N–H and O–H groups in total. The summed E-state index contributed by atoms with van der Waals surface area (Å²) in [5, 5.41) is 11.2. The van der Waals surface area contributed by atoms with Crippen LogP contribution in [0, 0.1) is 0 Å². The van der Waals surface area contributed by atoms with Gasteiger partial charge >= 0.3 is 0 Å². The minimum Gasteiger partial charge on any atom is -0.507 e. The molecular weight excluding hydrogens is 396 g/mol. The third-order valence-electron chi connectivity index (χ3n) is 5.32. The van der Waals surface area contributed by atoms with E-state index < -0.39 is 17.7 Å². The molecule has 7 heteroatoms. The lowest BCUT2D eigenvalue weighted by Crippen LogP contribution is -2.32. The molecule has 164 valence electrons. The first-order valence-corrected chi connectivity index (χ1v) is 10.1. The highest BCUT2D eigenvalue weighted by Gasteiger charge is 2.46. The maximum absolute atomic E-state index is 13.1. The number of methoxy groups -OCH3 is 2. The van der Waals surface area contributed by atoms with E-state index in [2.05, 4.69) is 0 Å². The van der Waals surface area contributed by atoms with Crippen molar-refractivity contribution in [2.45, 2.75) is 12.5 Å². The van der Waals surface area contributed by atoms with Gasteiger partial charge in [0.1, 0.15) is 17.3 Å². The normalized spacial score (nSPS) is 18.0. The molecule has 0 radical (unpaired) electrons. The van der Waals surface area contributed by atoms with Gasteiger partial charge in [-0.05, 0) is 50.8 Å². The van der Waals surface area contributed by atoms with Crippen molar-refractivity contribution < 1.29 is 24.2 Å². The zero-order chi connectivity index (χ0) is 22.5. The third kappa shape index (κ3) is 4.56. The standard InChI is InChI=1S/C24H28N2O5/c1-25(2)13-8-14-26-21(16-9-6-5-7-10-16)20(23(28)24(26)29)22(27)18-15-17(30-3)11-12-19(18)31-4/h5-7,9-12,15,21,27H,8,13-14H2,1-4H3/b22-20+. The van der Waals surface area contributed by atoms with Crippen molar-refractivity contribution in [3.8, 4) is 11.5 Å². The Morgan fingerprint density at radius 3 is 2.39 bits per heavy atom. The van der Waals surface area contributed by atoms with Crippen molar-refractivity contribution in [2.75, 3.05) is 41.4 Å². The second kappa shape index (κ2) is 9.66. The molecule has 2 aromatic carbocycles. The molecule has 2 aromatic rings. The molecule has 7 nitrogen and oxygen atoms in total. The molecule has 1 amide bonds. The predicted molar refractivity (Wildman–Crippen MR) is 118 cm³/mol. The predicted octanol–water partition coefficient (Wildman–Crippen LogP) is 3.08. The summed E-state index contributed by atoms with van der Waals surface area (Å²) in [7, 11) is 6.90. The van der Waals surface area contributed by atoms with E-state index in [-0.39, 0.29) is 11.3 Å². The molecule has 0 aromatic heterocycles. The van der Waals surface area contributed by atoms with Crippen LogP contribution in [-0.2, 0) is 9.59 Å². The van der Waals surface area contributed by atoms with Gasteiger partial charge in [-0.15, -0.1) is 0 Å². The lowest BCUT2D eigenvalue weighted by molar-refractivity contribution is -0.139. The van der Waals surface area contributed by atoms with Crippen LogP contribution in [0.5, 0.6) is 11.5 Å². The van der Waals surface area contributed by atoms with Crippen LogP contribution in [0.3, 0.4) is 0 Å². The first kappa shape index (κ1) is 22.4. The second-order valence-electron chi connectivity index (χ2n) is 7.63. The summed E-state index contributed by atoms with van der Waals surface area (Å²) < 4.78 is 10.6. The van der Waals surface area contributed by atoms with E-state index in [1.807, 2.05) is 49.3 Å². The molecule has 1 aliphatic rings. The Hall–Kier alpha value is -3.32. The van der Waals surface area contributed by atoms with Gasteiger partial charge in [-0.2, -0.15) is 0 Å². The van der Waals surface area contributed by atoms with Crippen LogP contribution in [0.1, 0.15) is 23.6 Å². The summed E-state index contributed by atoms with van der Waals surface area (Å²) in [5.41, 5.74) is 1.11. The molecule has 1 heterocycles. The average molecular weight is 424 g/mol. The number of ketones is 1. The molecule has 1 aliphatic heterocycles. The summed E-state index contributed by atoms with van der Waals surface area (Å²) in [6.07, 6.45) is 0.700. The summed E-state index contributed by atoms with van der Waals surface area (Å²) in [5.74, 6) is -0.724. The number of rotatable bonds is 8. The molecule has 1 atom stereocenters. The van der Waals surface area contributed by atoms with E-state index >= 15 is 0 Å². The lowest BCUT2D eigenvalue weighted by Gasteiger charge is -2.26. The van der Waals surface area contributed by atoms with Gasteiger partial charge in [0, 0.05) is 6.54 Å². The molecule has 0 bridgehead atoms. The number of benzene rings is 2. The van der Waals surface area contributed by atoms with Gasteiger partial charge in [-0.3, -0.25) is 9.59 Å². The number of hydrogen-bond acceptors (Lipinski definition) is 6. The Morgan fingerprint density at radius 2 is 1.77 bits per heavy atom. The monoisotopic (exact) mass is 424 g/mol. The van der Waals surface area contributed by atoms with Gasteiger partial charge in [0.25, 0.3) is 11.7 Å². The highest BCUT2D eigenvalue weighted by molar-refractivity contribution is 6.46. The summed E-state index contributed by atoms with van der Waals surface area (Å²) in [6, 6.07) is 13.5. The third-order valence-corrected chi connectivity index (χ3v) is 5.32. The van der Waals surface area contributed by atoms with Gasteiger partial charge in [0.2, 0.25) is 0 Å². The Morgan fingerprint density at radius 1 is 1.06 bits per heavy atom. The molecule has 3 rings (SSSR count). The van der Waals surface area contributed by atoms with Crippen molar-refractivity contribution in [1.82, 2.24) is 9.80 Å². The molecule has 31 heavy (non-hydrogen) atoms. The molecule has 1 saturated heterocycles. The van der Waals surface area contributed by atoms with E-state index in [4.69, 9.17) is 9.47 Å². The van der Waals surface area contributed by atoms with Crippen LogP contribution >= 0.6 is 0 Å². The molecule has 1 fully saturated rings. The van der Waals surface area contributed by atoms with Gasteiger partial charge in [-0.25, -0.2) is 0 Å². The number of Topliss-reactive ketones (excluding diaryl/α,β-unsaturated/α-hetero) is 1. The number of nitrogens with zero attached hydrogens (tertiary/aromatic N) is 2. The van der Waals surface area contributed by atoms with Crippen LogP contribution in [-0.4, -0.2) is 68.0 Å². The fraction of sp³-hybridized carbons (Fsp3) is 0.333. The molecule has 0 saturated carbocycles. The zero-order valence-electron chi connectivity index (χ0n) is 18.3. The lowest BCUT2D eigenvalue weighted by atomic mass is 9.95. The second-order valence-corrected chi connectivity index (χ2v) is 7.63. The van der Waals surface area contributed by atoms with Crippen LogP contribution in [0.15, 0.2) is 54.1 Å². The Kier molecular flexibility index (Phi) is 6.97. The Labute approximate surface area is 182 Å². The fourth-order valence-corrected chi connectivity index (χ4v) is 3.79. The van der Waals surface area contributed by atoms with E-state index in [9.17, 15) is 14.7 Å². The van der Waals surface area contributed by atoms with E-state index in [1.165, 1.54) is 14.2 Å². The van der Waals surface area contributed by atoms with Gasteiger partial charge in [0.15, 0.2) is 0 Å². The molecular formula is C24H28N2O5. The Balaban J connectivity index is 2.14. The molecule has 0 aliphatic carbocycles. The average Bonchev–Trinajstić information content (AvgIpc) is 3.03. The maximum atomic E-state index is 13.1. The minimum absolute atomic E-state index is 0.0487. The summed E-state index contributed by atoms with van der Waals surface area (Å²) in [6.45, 7) is 1.17. The van der Waals surface area contributed by atoms with E-state index in [1.54, 1.807) is 23.1 Å². The van der Waals surface area contributed by atoms with Crippen LogP contribution in [0.25, 0.3) is 5.76 Å². The smallest absolute Gasteiger partial charge is 0.295 e. The number of amides is 1. The first-order valence-electron chi connectivity index (χ1n) is 10.1. The topological polar surface area (TPSA) is 79.3 Å². The first-order chi connectivity index (χ1) is 14.9. The number of carbonyl (C=O) groups excluding carboxylic acids is 2. The van der Waals surface area contributed by atoms with Gasteiger partial charge < -0.3 is 24.4 Å². The van der Waals surface area contributed by atoms with E-state index in [0.29, 0.717) is 30.0 Å². The molecule has 1 unspecified atom stereocenters.